The van der Waals surface area contributed by atoms with Crippen LogP contribution in [0, 0.1) is 0 Å². The van der Waals surface area contributed by atoms with Gasteiger partial charge in [0.25, 0.3) is 0 Å². The summed E-state index contributed by atoms with van der Waals surface area (Å²) < 4.78 is 31.6. The summed E-state index contributed by atoms with van der Waals surface area (Å²) in [5.74, 6) is 0. The zero-order valence-corrected chi connectivity index (χ0v) is 9.56. The number of sulfonamides is 1. The van der Waals surface area contributed by atoms with Crippen molar-refractivity contribution >= 4 is 10.0 Å². The number of ether oxygens (including phenoxy) is 1. The van der Waals surface area contributed by atoms with Crippen molar-refractivity contribution in [1.29, 1.82) is 0 Å². The Hall–Kier alpha value is -0.910. The summed E-state index contributed by atoms with van der Waals surface area (Å²) in [6, 6.07) is 8.63. The number of fused-ring (bicyclic) bond motifs is 2. The van der Waals surface area contributed by atoms with Gasteiger partial charge in [0.2, 0.25) is 10.0 Å². The topological polar surface area (TPSA) is 46.6 Å². The van der Waals surface area contributed by atoms with Gasteiger partial charge in [0.05, 0.1) is 23.6 Å². The highest BCUT2D eigenvalue weighted by Crippen LogP contribution is 2.32. The maximum Gasteiger partial charge on any atom is 0.243 e. The molecule has 0 radical (unpaired) electrons. The van der Waals surface area contributed by atoms with Crippen molar-refractivity contribution in [2.75, 3.05) is 13.2 Å². The van der Waals surface area contributed by atoms with Crippen LogP contribution in [0.1, 0.15) is 6.42 Å². The highest BCUT2D eigenvalue weighted by Gasteiger charge is 2.45. The van der Waals surface area contributed by atoms with Gasteiger partial charge in [-0.3, -0.25) is 0 Å². The van der Waals surface area contributed by atoms with Gasteiger partial charge >= 0.3 is 0 Å². The van der Waals surface area contributed by atoms with E-state index in [1.54, 1.807) is 28.6 Å². The summed E-state index contributed by atoms with van der Waals surface area (Å²) in [6.07, 6.45) is 0.940. The molecule has 2 aliphatic rings. The molecule has 1 unspecified atom stereocenters. The fraction of sp³-hybridized carbons (Fsp3) is 0.455. The molecule has 0 N–H and O–H groups in total. The van der Waals surface area contributed by atoms with Crippen molar-refractivity contribution in [2.24, 2.45) is 0 Å². The standard InChI is InChI=1S/C11H13NO3S/c13-16(14,11-4-2-1-3-5-11)12-7-10-6-9(12)8-15-10/h1-5,9-10H,6-8H2/t9?,10-/m0/s1. The molecule has 2 heterocycles. The van der Waals surface area contributed by atoms with Crippen LogP contribution in [-0.2, 0) is 14.8 Å². The van der Waals surface area contributed by atoms with Crippen molar-refractivity contribution in [3.05, 3.63) is 30.3 Å². The molecular weight excluding hydrogens is 226 g/mol. The van der Waals surface area contributed by atoms with Gasteiger partial charge in [0.1, 0.15) is 0 Å². The van der Waals surface area contributed by atoms with E-state index < -0.39 is 10.0 Å². The molecule has 0 aliphatic carbocycles. The summed E-state index contributed by atoms with van der Waals surface area (Å²) in [4.78, 5) is 0.377. The monoisotopic (exact) mass is 239 g/mol. The number of hydrogen-bond donors (Lipinski definition) is 0. The molecule has 2 fully saturated rings. The fourth-order valence-corrected chi connectivity index (χ4v) is 4.06. The lowest BCUT2D eigenvalue weighted by atomic mass is 10.3. The Bertz CT molecular complexity index is 485. The van der Waals surface area contributed by atoms with Gasteiger partial charge in [-0.05, 0) is 18.6 Å². The average Bonchev–Trinajstić information content (AvgIpc) is 2.92. The summed E-state index contributed by atoms with van der Waals surface area (Å²) in [5.41, 5.74) is 0. The van der Waals surface area contributed by atoms with Crippen LogP contribution < -0.4 is 0 Å². The fourth-order valence-electron chi connectivity index (χ4n) is 2.39. The van der Waals surface area contributed by atoms with Gasteiger partial charge in [-0.15, -0.1) is 0 Å². The van der Waals surface area contributed by atoms with Crippen LogP contribution in [0.15, 0.2) is 35.2 Å². The Balaban J connectivity index is 1.95. The minimum absolute atomic E-state index is 0.0372. The second-order valence-corrected chi connectivity index (χ2v) is 6.12. The number of rotatable bonds is 2. The van der Waals surface area contributed by atoms with E-state index in [4.69, 9.17) is 4.74 Å². The third-order valence-electron chi connectivity index (χ3n) is 3.20. The molecule has 2 atom stereocenters. The first-order chi connectivity index (χ1) is 7.68. The molecule has 2 bridgehead atoms. The van der Waals surface area contributed by atoms with Crippen LogP contribution in [0.2, 0.25) is 0 Å². The van der Waals surface area contributed by atoms with Gasteiger partial charge in [-0.1, -0.05) is 18.2 Å². The van der Waals surface area contributed by atoms with Crippen LogP contribution >= 0.6 is 0 Å². The van der Waals surface area contributed by atoms with Crippen molar-refractivity contribution in [3.8, 4) is 0 Å². The molecule has 1 aromatic carbocycles. The predicted molar refractivity (Wildman–Crippen MR) is 58.5 cm³/mol. The first kappa shape index (κ1) is 10.3. The predicted octanol–water partition coefficient (Wildman–Crippen LogP) is 0.848. The number of hydrogen-bond acceptors (Lipinski definition) is 3. The normalized spacial score (nSPS) is 29.8. The highest BCUT2D eigenvalue weighted by atomic mass is 32.2. The molecule has 5 heteroatoms. The Morgan fingerprint density at radius 1 is 1.25 bits per heavy atom. The van der Waals surface area contributed by atoms with Gasteiger partial charge < -0.3 is 4.74 Å². The largest absolute Gasteiger partial charge is 0.375 e. The maximum absolute atomic E-state index is 12.3. The van der Waals surface area contributed by atoms with Crippen LogP contribution in [0.3, 0.4) is 0 Å². The third-order valence-corrected chi connectivity index (χ3v) is 5.13. The number of morpholine rings is 1. The molecule has 2 saturated heterocycles. The Morgan fingerprint density at radius 3 is 2.56 bits per heavy atom. The van der Waals surface area contributed by atoms with Crippen molar-refractivity contribution in [1.82, 2.24) is 4.31 Å². The van der Waals surface area contributed by atoms with E-state index in [-0.39, 0.29) is 12.1 Å². The molecule has 86 valence electrons. The SMILES string of the molecule is O=S(=O)(c1ccccc1)N1C[C@@H]2CC1CO2. The molecule has 4 nitrogen and oxygen atoms in total. The Kier molecular flexibility index (Phi) is 2.27. The van der Waals surface area contributed by atoms with Gasteiger partial charge in [0.15, 0.2) is 0 Å². The Labute approximate surface area is 94.9 Å². The quantitative estimate of drug-likeness (QED) is 0.768. The second-order valence-electron chi connectivity index (χ2n) is 4.23. The number of benzene rings is 1. The first-order valence-electron chi connectivity index (χ1n) is 5.36. The molecule has 3 rings (SSSR count). The minimum atomic E-state index is -3.32. The van der Waals surface area contributed by atoms with Crippen LogP contribution in [0.25, 0.3) is 0 Å². The zero-order valence-electron chi connectivity index (χ0n) is 8.74. The van der Waals surface area contributed by atoms with Crippen LogP contribution in [-0.4, -0.2) is 38.0 Å². The maximum atomic E-state index is 12.3. The van der Waals surface area contributed by atoms with Gasteiger partial charge in [-0.2, -0.15) is 4.31 Å². The lowest BCUT2D eigenvalue weighted by molar-refractivity contribution is 0.0608. The van der Waals surface area contributed by atoms with E-state index in [1.807, 2.05) is 6.07 Å². The smallest absolute Gasteiger partial charge is 0.243 e. The van der Waals surface area contributed by atoms with Gasteiger partial charge in [0, 0.05) is 6.54 Å². The van der Waals surface area contributed by atoms with Crippen molar-refractivity contribution < 1.29 is 13.2 Å². The molecule has 16 heavy (non-hydrogen) atoms. The lowest BCUT2D eigenvalue weighted by Gasteiger charge is -2.25. The van der Waals surface area contributed by atoms with E-state index in [0.717, 1.165) is 6.42 Å². The van der Waals surface area contributed by atoms with E-state index >= 15 is 0 Å². The lowest BCUT2D eigenvalue weighted by Crippen LogP contribution is -2.41. The summed E-state index contributed by atoms with van der Waals surface area (Å²) >= 11 is 0. The zero-order chi connectivity index (χ0) is 11.2. The summed E-state index contributed by atoms with van der Waals surface area (Å²) in [5, 5.41) is 0. The minimum Gasteiger partial charge on any atom is -0.375 e. The highest BCUT2D eigenvalue weighted by molar-refractivity contribution is 7.89. The van der Waals surface area contributed by atoms with E-state index in [0.29, 0.717) is 18.0 Å². The van der Waals surface area contributed by atoms with Gasteiger partial charge in [-0.25, -0.2) is 8.42 Å². The molecule has 0 spiro atoms. The third kappa shape index (κ3) is 1.47. The van der Waals surface area contributed by atoms with E-state index in [1.165, 1.54) is 0 Å². The van der Waals surface area contributed by atoms with E-state index in [2.05, 4.69) is 0 Å². The summed E-state index contributed by atoms with van der Waals surface area (Å²) in [7, 11) is -3.32. The average molecular weight is 239 g/mol. The number of nitrogens with zero attached hydrogens (tertiary/aromatic N) is 1. The van der Waals surface area contributed by atoms with Crippen molar-refractivity contribution in [3.63, 3.8) is 0 Å². The van der Waals surface area contributed by atoms with Crippen molar-refractivity contribution in [2.45, 2.75) is 23.5 Å². The van der Waals surface area contributed by atoms with E-state index in [9.17, 15) is 8.42 Å². The summed E-state index contributed by atoms with van der Waals surface area (Å²) in [6.45, 7) is 1.04. The molecule has 0 aromatic heterocycles. The molecular formula is C11H13NO3S. The van der Waals surface area contributed by atoms with Crippen LogP contribution in [0.5, 0.6) is 0 Å². The second kappa shape index (κ2) is 3.55. The molecule has 2 aliphatic heterocycles. The molecule has 0 amide bonds. The first-order valence-corrected chi connectivity index (χ1v) is 6.80. The molecule has 0 saturated carbocycles. The molecule has 1 aromatic rings. The Morgan fingerprint density at radius 2 is 2.00 bits per heavy atom. The van der Waals surface area contributed by atoms with Crippen LogP contribution in [0.4, 0.5) is 0 Å².